The van der Waals surface area contributed by atoms with Gasteiger partial charge in [0.15, 0.2) is 0 Å². The fraction of sp³-hybridized carbons (Fsp3) is 0.700. The van der Waals surface area contributed by atoms with Crippen LogP contribution in [0.15, 0.2) is 0 Å². The molecule has 0 aromatic carbocycles. The highest BCUT2D eigenvalue weighted by atomic mass is 35.5. The Labute approximate surface area is 113 Å². The summed E-state index contributed by atoms with van der Waals surface area (Å²) in [6.45, 7) is 4.89. The van der Waals surface area contributed by atoms with Crippen LogP contribution in [0.3, 0.4) is 0 Å². The molecule has 0 radical (unpaired) electrons. The Kier molecular flexibility index (Phi) is 5.16. The molecule has 108 valence electrons. The van der Waals surface area contributed by atoms with E-state index in [0.717, 1.165) is 0 Å². The van der Waals surface area contributed by atoms with Gasteiger partial charge in [-0.25, -0.2) is 0 Å². The van der Waals surface area contributed by atoms with Crippen LogP contribution in [0, 0.1) is 0 Å². The van der Waals surface area contributed by atoms with Crippen LogP contribution in [0.5, 0.6) is 6.01 Å². The largest absolute Gasteiger partial charge is 0.461 e. The lowest BCUT2D eigenvalue weighted by molar-refractivity contribution is -0.136. The summed E-state index contributed by atoms with van der Waals surface area (Å²) in [5.41, 5.74) is 0. The van der Waals surface area contributed by atoms with Crippen LogP contribution in [0.1, 0.15) is 27.2 Å². The predicted octanol–water partition coefficient (Wildman–Crippen LogP) is 3.07. The molecular weight excluding hydrogens is 285 g/mol. The van der Waals surface area contributed by atoms with E-state index in [1.54, 1.807) is 13.8 Å². The van der Waals surface area contributed by atoms with E-state index in [1.807, 2.05) is 0 Å². The van der Waals surface area contributed by atoms with Gasteiger partial charge < -0.3 is 10.1 Å². The van der Waals surface area contributed by atoms with Gasteiger partial charge in [0.05, 0.1) is 12.5 Å². The summed E-state index contributed by atoms with van der Waals surface area (Å²) in [5, 5.41) is 2.36. The number of hydrogen-bond donors (Lipinski definition) is 1. The highest BCUT2D eigenvalue weighted by Crippen LogP contribution is 2.23. The fourth-order valence-electron chi connectivity index (χ4n) is 1.28. The van der Waals surface area contributed by atoms with E-state index < -0.39 is 18.6 Å². The lowest BCUT2D eigenvalue weighted by atomic mass is 10.2. The minimum Gasteiger partial charge on any atom is -0.461 e. The molecule has 0 aliphatic rings. The second-order valence-corrected chi connectivity index (χ2v) is 4.58. The molecule has 0 aliphatic heterocycles. The minimum atomic E-state index is -4.26. The van der Waals surface area contributed by atoms with Crippen LogP contribution in [0.4, 0.5) is 19.1 Å². The number of hydrogen-bond acceptors (Lipinski definition) is 5. The van der Waals surface area contributed by atoms with Gasteiger partial charge in [-0.2, -0.15) is 28.1 Å². The van der Waals surface area contributed by atoms with E-state index >= 15 is 0 Å². The molecule has 1 aromatic rings. The summed E-state index contributed by atoms with van der Waals surface area (Å²) in [7, 11) is 0. The molecule has 0 aliphatic carbocycles. The molecule has 1 N–H and O–H groups in total. The third-order valence-electron chi connectivity index (χ3n) is 1.84. The molecule has 19 heavy (non-hydrogen) atoms. The number of nitrogens with one attached hydrogen (secondary N) is 1. The van der Waals surface area contributed by atoms with Crippen LogP contribution < -0.4 is 10.1 Å². The fourth-order valence-corrected chi connectivity index (χ4v) is 1.43. The van der Waals surface area contributed by atoms with E-state index in [4.69, 9.17) is 16.3 Å². The minimum absolute atomic E-state index is 0.0308. The Morgan fingerprint density at radius 3 is 2.37 bits per heavy atom. The van der Waals surface area contributed by atoms with Gasteiger partial charge >= 0.3 is 12.2 Å². The van der Waals surface area contributed by atoms with E-state index in [9.17, 15) is 13.2 Å². The second kappa shape index (κ2) is 6.23. The third kappa shape index (κ3) is 6.42. The van der Waals surface area contributed by atoms with Crippen molar-refractivity contribution in [3.8, 4) is 6.01 Å². The summed E-state index contributed by atoms with van der Waals surface area (Å²) in [4.78, 5) is 11.2. The predicted molar refractivity (Wildman–Crippen MR) is 64.4 cm³/mol. The van der Waals surface area contributed by atoms with Gasteiger partial charge in [0.25, 0.3) is 0 Å². The maximum Gasteiger partial charge on any atom is 0.391 e. The molecule has 5 nitrogen and oxygen atoms in total. The number of alkyl halides is 3. The first kappa shape index (κ1) is 15.7. The Hall–Kier alpha value is -1.31. The van der Waals surface area contributed by atoms with Gasteiger partial charge in [-0.05, 0) is 32.4 Å². The molecule has 1 rings (SSSR count). The molecule has 0 saturated heterocycles. The number of ether oxygens (including phenoxy) is 1. The van der Waals surface area contributed by atoms with Crippen LogP contribution in [0.2, 0.25) is 5.28 Å². The Bertz CT molecular complexity index is 428. The lowest BCUT2D eigenvalue weighted by Gasteiger charge is -2.16. The molecule has 1 unspecified atom stereocenters. The van der Waals surface area contributed by atoms with Crippen molar-refractivity contribution in [2.24, 2.45) is 0 Å². The maximum absolute atomic E-state index is 12.2. The first-order valence-electron chi connectivity index (χ1n) is 5.57. The second-order valence-electron chi connectivity index (χ2n) is 4.24. The van der Waals surface area contributed by atoms with E-state index in [1.165, 1.54) is 6.92 Å². The van der Waals surface area contributed by atoms with Crippen LogP contribution in [-0.4, -0.2) is 33.3 Å². The van der Waals surface area contributed by atoms with Gasteiger partial charge in [-0.3, -0.25) is 0 Å². The number of aromatic nitrogens is 3. The zero-order valence-electron chi connectivity index (χ0n) is 10.6. The molecule has 0 bridgehead atoms. The van der Waals surface area contributed by atoms with Crippen molar-refractivity contribution in [3.63, 3.8) is 0 Å². The Morgan fingerprint density at radius 1 is 1.21 bits per heavy atom. The Balaban J connectivity index is 2.75. The molecule has 1 heterocycles. The highest BCUT2D eigenvalue weighted by Gasteiger charge is 2.30. The average Bonchev–Trinajstić information content (AvgIpc) is 2.10. The van der Waals surface area contributed by atoms with E-state index in [-0.39, 0.29) is 23.3 Å². The van der Waals surface area contributed by atoms with Crippen molar-refractivity contribution >= 4 is 17.5 Å². The monoisotopic (exact) mass is 298 g/mol. The molecule has 0 fully saturated rings. The normalized spacial score (nSPS) is 13.5. The van der Waals surface area contributed by atoms with Gasteiger partial charge in [-0.1, -0.05) is 0 Å². The standard InChI is InChI=1S/C10H14ClF3N4O/c1-5(2)19-9-17-7(11)16-8(18-9)15-6(3)4-10(12,13)14/h5-6H,4H2,1-3H3,(H,15,16,17,18). The number of halogens is 4. The van der Waals surface area contributed by atoms with Crippen molar-refractivity contribution in [2.75, 3.05) is 5.32 Å². The number of anilines is 1. The van der Waals surface area contributed by atoms with E-state index in [0.29, 0.717) is 0 Å². The SMILES string of the molecule is CC(CC(F)(F)F)Nc1nc(Cl)nc(OC(C)C)n1. The first-order valence-corrected chi connectivity index (χ1v) is 5.95. The zero-order valence-corrected chi connectivity index (χ0v) is 11.4. The van der Waals surface area contributed by atoms with Crippen molar-refractivity contribution in [3.05, 3.63) is 5.28 Å². The summed E-state index contributed by atoms with van der Waals surface area (Å²) >= 11 is 5.65. The van der Waals surface area contributed by atoms with Crippen LogP contribution >= 0.6 is 11.6 Å². The van der Waals surface area contributed by atoms with Crippen molar-refractivity contribution in [1.29, 1.82) is 0 Å². The summed E-state index contributed by atoms with van der Waals surface area (Å²) in [5.74, 6) is -0.0487. The summed E-state index contributed by atoms with van der Waals surface area (Å²) < 4.78 is 41.8. The third-order valence-corrected chi connectivity index (χ3v) is 2.01. The summed E-state index contributed by atoms with van der Waals surface area (Å²) in [6, 6.07) is -0.915. The quantitative estimate of drug-likeness (QED) is 0.905. The molecule has 0 spiro atoms. The molecule has 9 heteroatoms. The number of rotatable bonds is 5. The molecule has 1 atom stereocenters. The topological polar surface area (TPSA) is 59.9 Å². The maximum atomic E-state index is 12.2. The Morgan fingerprint density at radius 2 is 1.84 bits per heavy atom. The highest BCUT2D eigenvalue weighted by molar-refractivity contribution is 6.28. The van der Waals surface area contributed by atoms with Gasteiger partial charge in [0.1, 0.15) is 0 Å². The van der Waals surface area contributed by atoms with Crippen LogP contribution in [-0.2, 0) is 0 Å². The lowest BCUT2D eigenvalue weighted by Crippen LogP contribution is -2.25. The smallest absolute Gasteiger partial charge is 0.391 e. The van der Waals surface area contributed by atoms with Crippen LogP contribution in [0.25, 0.3) is 0 Å². The molecule has 0 saturated carbocycles. The van der Waals surface area contributed by atoms with Crippen molar-refractivity contribution in [1.82, 2.24) is 15.0 Å². The summed E-state index contributed by atoms with van der Waals surface area (Å²) in [6.07, 6.45) is -5.45. The zero-order chi connectivity index (χ0) is 14.6. The average molecular weight is 299 g/mol. The molecular formula is C10H14ClF3N4O. The molecule has 0 amide bonds. The van der Waals surface area contributed by atoms with Gasteiger partial charge in [-0.15, -0.1) is 0 Å². The van der Waals surface area contributed by atoms with Gasteiger partial charge in [0, 0.05) is 6.04 Å². The number of nitrogens with zero attached hydrogens (tertiary/aromatic N) is 3. The van der Waals surface area contributed by atoms with Gasteiger partial charge in [0.2, 0.25) is 11.2 Å². The van der Waals surface area contributed by atoms with Crippen molar-refractivity contribution < 1.29 is 17.9 Å². The first-order chi connectivity index (χ1) is 8.65. The molecule has 1 aromatic heterocycles. The van der Waals surface area contributed by atoms with Crippen molar-refractivity contribution in [2.45, 2.75) is 45.5 Å². The van der Waals surface area contributed by atoms with E-state index in [2.05, 4.69) is 20.3 Å².